The highest BCUT2D eigenvalue weighted by Crippen LogP contribution is 2.21. The Hall–Kier alpha value is -1.47. The molecule has 1 aromatic rings. The molecule has 1 atom stereocenters. The monoisotopic (exact) mass is 268 g/mol. The molecule has 2 heterocycles. The van der Waals surface area contributed by atoms with Gasteiger partial charge in [0.05, 0.1) is 6.04 Å². The van der Waals surface area contributed by atoms with E-state index in [-0.39, 0.29) is 17.8 Å². The van der Waals surface area contributed by atoms with E-state index in [2.05, 4.69) is 15.5 Å². The van der Waals surface area contributed by atoms with E-state index in [1.165, 1.54) is 0 Å². The molecule has 0 radical (unpaired) electrons. The lowest BCUT2D eigenvalue weighted by atomic mass is 10.2. The second-order valence-electron chi connectivity index (χ2n) is 4.68. The molecule has 106 valence electrons. The summed E-state index contributed by atoms with van der Waals surface area (Å²) in [6, 6.07) is 0.0906. The first-order valence-electron chi connectivity index (χ1n) is 6.53. The molecule has 7 nitrogen and oxygen atoms in total. The van der Waals surface area contributed by atoms with Crippen LogP contribution in [-0.4, -0.2) is 54.8 Å². The molecule has 19 heavy (non-hydrogen) atoms. The summed E-state index contributed by atoms with van der Waals surface area (Å²) in [5.74, 6) is 0.416. The average Bonchev–Trinajstić information content (AvgIpc) is 3.08. The molecule has 0 aromatic carbocycles. The smallest absolute Gasteiger partial charge is 0.295 e. The largest absolute Gasteiger partial charge is 0.385 e. The third-order valence-electron chi connectivity index (χ3n) is 3.18. The van der Waals surface area contributed by atoms with Gasteiger partial charge in [-0.3, -0.25) is 4.79 Å². The van der Waals surface area contributed by atoms with Crippen molar-refractivity contribution in [3.05, 3.63) is 11.7 Å². The minimum Gasteiger partial charge on any atom is -0.385 e. The lowest BCUT2D eigenvalue weighted by Gasteiger charge is -2.14. The summed E-state index contributed by atoms with van der Waals surface area (Å²) in [6.45, 7) is 2.19. The molecular weight excluding hydrogens is 248 g/mol. The number of amides is 1. The molecule has 1 fully saturated rings. The molecule has 0 saturated carbocycles. The second kappa shape index (κ2) is 6.63. The molecule has 7 heteroatoms. The Morgan fingerprint density at radius 2 is 2.47 bits per heavy atom. The van der Waals surface area contributed by atoms with Crippen LogP contribution in [0, 0.1) is 0 Å². The third-order valence-corrected chi connectivity index (χ3v) is 3.18. The van der Waals surface area contributed by atoms with Crippen molar-refractivity contribution in [3.8, 4) is 0 Å². The molecule has 1 amide bonds. The quantitative estimate of drug-likeness (QED) is 0.761. The van der Waals surface area contributed by atoms with Crippen LogP contribution in [0.25, 0.3) is 0 Å². The number of hydrogen-bond donors (Lipinski definition) is 1. The first-order valence-corrected chi connectivity index (χ1v) is 6.53. The number of aromatic nitrogens is 2. The zero-order valence-corrected chi connectivity index (χ0v) is 11.4. The molecule has 2 rings (SSSR count). The van der Waals surface area contributed by atoms with Crippen LogP contribution in [0.4, 0.5) is 0 Å². The number of carbonyl (C=O) groups is 1. The Morgan fingerprint density at radius 3 is 3.16 bits per heavy atom. The van der Waals surface area contributed by atoms with E-state index in [1.807, 2.05) is 0 Å². The topological polar surface area (TPSA) is 80.5 Å². The van der Waals surface area contributed by atoms with Gasteiger partial charge in [-0.25, -0.2) is 0 Å². The Kier molecular flexibility index (Phi) is 4.86. The molecule has 1 aliphatic rings. The molecule has 1 aromatic heterocycles. The van der Waals surface area contributed by atoms with E-state index in [9.17, 15) is 4.79 Å². The third kappa shape index (κ3) is 3.51. The molecular formula is C12H20N4O3. The first-order chi connectivity index (χ1) is 9.22. The van der Waals surface area contributed by atoms with Gasteiger partial charge in [0.2, 0.25) is 5.89 Å². The summed E-state index contributed by atoms with van der Waals surface area (Å²) < 4.78 is 10.1. The number of nitrogens with one attached hydrogen (secondary N) is 1. The van der Waals surface area contributed by atoms with Crippen molar-refractivity contribution < 1.29 is 14.1 Å². The molecule has 1 aliphatic heterocycles. The van der Waals surface area contributed by atoms with Crippen LogP contribution in [0.3, 0.4) is 0 Å². The number of nitrogens with zero attached hydrogens (tertiary/aromatic N) is 3. The van der Waals surface area contributed by atoms with E-state index in [0.29, 0.717) is 19.0 Å². The fourth-order valence-electron chi connectivity index (χ4n) is 2.08. The lowest BCUT2D eigenvalue weighted by Crippen LogP contribution is -2.29. The fraction of sp³-hybridized carbons (Fsp3) is 0.750. The molecule has 1 unspecified atom stereocenters. The SMILES string of the molecule is COCCCN(C)C(=O)c1noc(C2CCCN2)n1. The summed E-state index contributed by atoms with van der Waals surface area (Å²) in [7, 11) is 3.36. The predicted molar refractivity (Wildman–Crippen MR) is 67.7 cm³/mol. The van der Waals surface area contributed by atoms with Gasteiger partial charge in [0.15, 0.2) is 0 Å². The maximum atomic E-state index is 12.0. The van der Waals surface area contributed by atoms with Crippen molar-refractivity contribution in [2.75, 3.05) is 33.9 Å². The van der Waals surface area contributed by atoms with Crippen molar-refractivity contribution in [1.29, 1.82) is 0 Å². The average molecular weight is 268 g/mol. The van der Waals surface area contributed by atoms with Crippen LogP contribution in [0.5, 0.6) is 0 Å². The van der Waals surface area contributed by atoms with Crippen LogP contribution in [0.2, 0.25) is 0 Å². The highest BCUT2D eigenvalue weighted by atomic mass is 16.5. The van der Waals surface area contributed by atoms with Crippen molar-refractivity contribution in [3.63, 3.8) is 0 Å². The van der Waals surface area contributed by atoms with E-state index >= 15 is 0 Å². The number of methoxy groups -OCH3 is 1. The Balaban J connectivity index is 1.91. The summed E-state index contributed by atoms with van der Waals surface area (Å²) in [6.07, 6.45) is 2.85. The van der Waals surface area contributed by atoms with Crippen molar-refractivity contribution in [2.45, 2.75) is 25.3 Å². The highest BCUT2D eigenvalue weighted by Gasteiger charge is 2.25. The van der Waals surface area contributed by atoms with Gasteiger partial charge < -0.3 is 19.5 Å². The zero-order chi connectivity index (χ0) is 13.7. The molecule has 0 spiro atoms. The zero-order valence-electron chi connectivity index (χ0n) is 11.4. The Labute approximate surface area is 112 Å². The van der Waals surface area contributed by atoms with Gasteiger partial charge in [-0.1, -0.05) is 5.16 Å². The second-order valence-corrected chi connectivity index (χ2v) is 4.68. The molecule has 1 N–H and O–H groups in total. The van der Waals surface area contributed by atoms with Gasteiger partial charge in [0, 0.05) is 27.3 Å². The van der Waals surface area contributed by atoms with Gasteiger partial charge in [-0.2, -0.15) is 4.98 Å². The van der Waals surface area contributed by atoms with Crippen LogP contribution in [-0.2, 0) is 4.74 Å². The van der Waals surface area contributed by atoms with E-state index in [4.69, 9.17) is 9.26 Å². The lowest BCUT2D eigenvalue weighted by molar-refractivity contribution is 0.0764. The van der Waals surface area contributed by atoms with E-state index in [0.717, 1.165) is 25.8 Å². The van der Waals surface area contributed by atoms with Crippen LogP contribution in [0.15, 0.2) is 4.52 Å². The minimum atomic E-state index is -0.218. The van der Waals surface area contributed by atoms with Crippen LogP contribution in [0.1, 0.15) is 41.8 Å². The Morgan fingerprint density at radius 1 is 1.63 bits per heavy atom. The van der Waals surface area contributed by atoms with Crippen LogP contribution < -0.4 is 5.32 Å². The standard InChI is InChI=1S/C12H20N4O3/c1-16(7-4-8-18-2)12(17)10-14-11(19-15-10)9-5-3-6-13-9/h9,13H,3-8H2,1-2H3. The fourth-order valence-corrected chi connectivity index (χ4v) is 2.08. The summed E-state index contributed by atoms with van der Waals surface area (Å²) in [5.41, 5.74) is 0. The number of rotatable bonds is 6. The van der Waals surface area contributed by atoms with E-state index < -0.39 is 0 Å². The highest BCUT2D eigenvalue weighted by molar-refractivity contribution is 5.90. The molecule has 1 saturated heterocycles. The molecule has 0 bridgehead atoms. The summed E-state index contributed by atoms with van der Waals surface area (Å²) in [4.78, 5) is 17.8. The normalized spacial score (nSPS) is 18.7. The van der Waals surface area contributed by atoms with Gasteiger partial charge in [0.1, 0.15) is 0 Å². The van der Waals surface area contributed by atoms with Crippen molar-refractivity contribution in [1.82, 2.24) is 20.4 Å². The summed E-state index contributed by atoms with van der Waals surface area (Å²) in [5, 5.41) is 7.02. The van der Waals surface area contributed by atoms with Gasteiger partial charge in [-0.05, 0) is 25.8 Å². The first kappa shape index (κ1) is 14.0. The summed E-state index contributed by atoms with van der Waals surface area (Å²) >= 11 is 0. The predicted octanol–water partition coefficient (Wildman–Crippen LogP) is 0.603. The van der Waals surface area contributed by atoms with Gasteiger partial charge in [-0.15, -0.1) is 0 Å². The minimum absolute atomic E-state index is 0.0906. The van der Waals surface area contributed by atoms with E-state index in [1.54, 1.807) is 19.1 Å². The van der Waals surface area contributed by atoms with Crippen molar-refractivity contribution in [2.24, 2.45) is 0 Å². The number of hydrogen-bond acceptors (Lipinski definition) is 6. The Bertz CT molecular complexity index is 415. The molecule has 0 aliphatic carbocycles. The maximum Gasteiger partial charge on any atom is 0.295 e. The van der Waals surface area contributed by atoms with Crippen LogP contribution >= 0.6 is 0 Å². The number of ether oxygens (including phenoxy) is 1. The van der Waals surface area contributed by atoms with Crippen molar-refractivity contribution >= 4 is 5.91 Å². The van der Waals surface area contributed by atoms with Gasteiger partial charge >= 0.3 is 0 Å². The number of carbonyl (C=O) groups excluding carboxylic acids is 1. The van der Waals surface area contributed by atoms with Gasteiger partial charge in [0.25, 0.3) is 11.7 Å². The maximum absolute atomic E-state index is 12.0.